The van der Waals surface area contributed by atoms with Crippen LogP contribution < -0.4 is 5.32 Å². The van der Waals surface area contributed by atoms with Crippen molar-refractivity contribution in [2.45, 2.75) is 45.6 Å². The van der Waals surface area contributed by atoms with Crippen molar-refractivity contribution in [2.75, 3.05) is 5.32 Å². The third kappa shape index (κ3) is 5.19. The molecular weight excluding hydrogens is 308 g/mol. The lowest BCUT2D eigenvalue weighted by Crippen LogP contribution is -2.15. The number of hydrogen-bond acceptors (Lipinski definition) is 4. The van der Waals surface area contributed by atoms with E-state index in [1.807, 2.05) is 12.1 Å². The molecule has 0 bridgehead atoms. The molecule has 0 saturated heterocycles. The summed E-state index contributed by atoms with van der Waals surface area (Å²) in [7, 11) is 0. The number of benzene rings is 1. The molecule has 0 aliphatic rings. The molecule has 7 heteroatoms. The third-order valence-corrected chi connectivity index (χ3v) is 3.54. The second kappa shape index (κ2) is 7.25. The minimum atomic E-state index is -1.04. The Morgan fingerprint density at radius 1 is 1.21 bits per heavy atom. The smallest absolute Gasteiger partial charge is 0.327 e. The molecule has 1 aromatic heterocycles. The number of carbonyl (C=O) groups is 2. The summed E-state index contributed by atoms with van der Waals surface area (Å²) < 4.78 is 0. The lowest BCUT2D eigenvalue weighted by Gasteiger charge is -2.19. The van der Waals surface area contributed by atoms with Crippen molar-refractivity contribution in [3.8, 4) is 0 Å². The highest BCUT2D eigenvalue weighted by atomic mass is 16.4. The first-order valence-corrected chi connectivity index (χ1v) is 7.75. The molecule has 24 heavy (non-hydrogen) atoms. The van der Waals surface area contributed by atoms with Crippen molar-refractivity contribution in [2.24, 2.45) is 0 Å². The quantitative estimate of drug-likeness (QED) is 0.846. The van der Waals surface area contributed by atoms with E-state index in [0.717, 1.165) is 10.4 Å². The molecule has 128 valence electrons. The van der Waals surface area contributed by atoms with Gasteiger partial charge in [0.05, 0.1) is 6.20 Å². The number of nitrogens with zero attached hydrogens (tertiary/aromatic N) is 3. The molecule has 0 spiro atoms. The van der Waals surface area contributed by atoms with Crippen LogP contribution in [0.25, 0.3) is 0 Å². The Morgan fingerprint density at radius 3 is 2.46 bits per heavy atom. The highest BCUT2D eigenvalue weighted by molar-refractivity contribution is 5.89. The first kappa shape index (κ1) is 17.7. The van der Waals surface area contributed by atoms with Crippen molar-refractivity contribution in [3.05, 3.63) is 41.6 Å². The summed E-state index contributed by atoms with van der Waals surface area (Å²) in [5.74, 6) is -0.969. The maximum absolute atomic E-state index is 11.9. The molecule has 0 radical (unpaired) electrons. The number of carboxylic acids is 1. The summed E-state index contributed by atoms with van der Waals surface area (Å²) in [4.78, 5) is 23.5. The molecule has 1 heterocycles. The molecule has 2 rings (SSSR count). The van der Waals surface area contributed by atoms with E-state index in [4.69, 9.17) is 5.11 Å². The number of aliphatic carboxylic acids is 1. The van der Waals surface area contributed by atoms with Gasteiger partial charge in [-0.25, -0.2) is 0 Å². The van der Waals surface area contributed by atoms with Gasteiger partial charge in [-0.2, -0.15) is 9.90 Å². The van der Waals surface area contributed by atoms with Gasteiger partial charge >= 0.3 is 5.97 Å². The zero-order chi connectivity index (χ0) is 17.7. The number of nitrogens with one attached hydrogen (secondary N) is 1. The van der Waals surface area contributed by atoms with Crippen LogP contribution in [0.1, 0.15) is 38.3 Å². The zero-order valence-corrected chi connectivity index (χ0v) is 14.1. The second-order valence-corrected chi connectivity index (χ2v) is 6.65. The Morgan fingerprint density at radius 2 is 1.88 bits per heavy atom. The Balaban J connectivity index is 1.84. The zero-order valence-electron chi connectivity index (χ0n) is 14.1. The minimum absolute atomic E-state index is 0.109. The number of carboxylic acid groups (broad SMARTS) is 1. The van der Waals surface area contributed by atoms with Gasteiger partial charge in [-0.1, -0.05) is 45.0 Å². The van der Waals surface area contributed by atoms with E-state index in [-0.39, 0.29) is 23.7 Å². The van der Waals surface area contributed by atoms with Crippen molar-refractivity contribution in [1.82, 2.24) is 15.0 Å². The van der Waals surface area contributed by atoms with E-state index in [2.05, 4.69) is 48.4 Å². The summed E-state index contributed by atoms with van der Waals surface area (Å²) in [6, 6.07) is 8.25. The summed E-state index contributed by atoms with van der Waals surface area (Å²) in [5.41, 5.74) is 2.45. The summed E-state index contributed by atoms with van der Waals surface area (Å²) in [6.45, 7) is 6.14. The van der Waals surface area contributed by atoms with Gasteiger partial charge in [0.2, 0.25) is 5.91 Å². The van der Waals surface area contributed by atoms with Crippen molar-refractivity contribution in [1.29, 1.82) is 0 Å². The molecule has 0 unspecified atom stereocenters. The average molecular weight is 330 g/mol. The summed E-state index contributed by atoms with van der Waals surface area (Å²) in [5, 5.41) is 18.9. The Bertz CT molecular complexity index is 714. The standard InChI is InChI=1S/C17H22N4O3/c1-17(2,3)13-7-4-12(5-8-13)6-9-15(22)19-14-10-18-21(20-14)11-16(23)24/h4-5,7-8,10H,6,9,11H2,1-3H3,(H,23,24)(H,19,20,22). The largest absolute Gasteiger partial charge is 0.480 e. The highest BCUT2D eigenvalue weighted by Crippen LogP contribution is 2.22. The van der Waals surface area contributed by atoms with Gasteiger partial charge < -0.3 is 10.4 Å². The monoisotopic (exact) mass is 330 g/mol. The number of carbonyl (C=O) groups excluding carboxylic acids is 1. The van der Waals surface area contributed by atoms with Gasteiger partial charge in [0, 0.05) is 6.42 Å². The van der Waals surface area contributed by atoms with Crippen LogP contribution in [-0.2, 0) is 28.0 Å². The topological polar surface area (TPSA) is 97.1 Å². The number of rotatable bonds is 6. The first-order valence-electron chi connectivity index (χ1n) is 7.75. The molecule has 2 N–H and O–H groups in total. The number of aryl methyl sites for hydroxylation is 1. The minimum Gasteiger partial charge on any atom is -0.480 e. The lowest BCUT2D eigenvalue weighted by atomic mass is 9.86. The summed E-state index contributed by atoms with van der Waals surface area (Å²) in [6.07, 6.45) is 2.28. The fourth-order valence-electron chi connectivity index (χ4n) is 2.19. The Kier molecular flexibility index (Phi) is 5.33. The fourth-order valence-corrected chi connectivity index (χ4v) is 2.19. The van der Waals surface area contributed by atoms with E-state index in [9.17, 15) is 9.59 Å². The molecule has 2 aromatic rings. The number of hydrogen-bond donors (Lipinski definition) is 2. The van der Waals surface area contributed by atoms with Crippen LogP contribution in [0, 0.1) is 0 Å². The number of amides is 1. The molecule has 0 aliphatic carbocycles. The molecule has 0 aliphatic heterocycles. The second-order valence-electron chi connectivity index (χ2n) is 6.65. The van der Waals surface area contributed by atoms with Gasteiger partial charge in [-0.3, -0.25) is 9.59 Å². The van der Waals surface area contributed by atoms with Gasteiger partial charge in [-0.15, -0.1) is 5.10 Å². The lowest BCUT2D eigenvalue weighted by molar-refractivity contribution is -0.138. The van der Waals surface area contributed by atoms with Gasteiger partial charge in [0.15, 0.2) is 12.4 Å². The van der Waals surface area contributed by atoms with Gasteiger partial charge in [-0.05, 0) is 23.0 Å². The van der Waals surface area contributed by atoms with E-state index in [1.54, 1.807) is 0 Å². The van der Waals surface area contributed by atoms with E-state index < -0.39 is 5.97 Å². The number of aromatic nitrogens is 3. The normalized spacial score (nSPS) is 11.3. The molecule has 0 saturated carbocycles. The van der Waals surface area contributed by atoms with Crippen LogP contribution in [0.3, 0.4) is 0 Å². The molecular formula is C17H22N4O3. The van der Waals surface area contributed by atoms with Crippen LogP contribution in [0.5, 0.6) is 0 Å². The van der Waals surface area contributed by atoms with E-state index >= 15 is 0 Å². The van der Waals surface area contributed by atoms with Crippen LogP contribution in [0.4, 0.5) is 5.82 Å². The molecule has 0 atom stereocenters. The van der Waals surface area contributed by atoms with Crippen molar-refractivity contribution >= 4 is 17.7 Å². The maximum Gasteiger partial charge on any atom is 0.327 e. The summed E-state index contributed by atoms with van der Waals surface area (Å²) >= 11 is 0. The van der Waals surface area contributed by atoms with Crippen LogP contribution in [-0.4, -0.2) is 32.0 Å². The maximum atomic E-state index is 11.9. The fraction of sp³-hybridized carbons (Fsp3) is 0.412. The van der Waals surface area contributed by atoms with Crippen LogP contribution >= 0.6 is 0 Å². The van der Waals surface area contributed by atoms with Crippen LogP contribution in [0.2, 0.25) is 0 Å². The van der Waals surface area contributed by atoms with Crippen molar-refractivity contribution < 1.29 is 14.7 Å². The molecule has 7 nitrogen and oxygen atoms in total. The Hall–Kier alpha value is -2.70. The van der Waals surface area contributed by atoms with Gasteiger partial charge in [0.25, 0.3) is 0 Å². The highest BCUT2D eigenvalue weighted by Gasteiger charge is 2.13. The Labute approximate surface area is 140 Å². The van der Waals surface area contributed by atoms with E-state index in [1.165, 1.54) is 11.8 Å². The van der Waals surface area contributed by atoms with Crippen LogP contribution in [0.15, 0.2) is 30.5 Å². The third-order valence-electron chi connectivity index (χ3n) is 3.54. The molecule has 1 amide bonds. The number of anilines is 1. The molecule has 1 aromatic carbocycles. The van der Waals surface area contributed by atoms with Crippen molar-refractivity contribution in [3.63, 3.8) is 0 Å². The average Bonchev–Trinajstić information content (AvgIpc) is 2.91. The van der Waals surface area contributed by atoms with Gasteiger partial charge in [0.1, 0.15) is 0 Å². The molecule has 0 fully saturated rings. The SMILES string of the molecule is CC(C)(C)c1ccc(CCC(=O)Nc2cnn(CC(=O)O)n2)cc1. The predicted octanol–water partition coefficient (Wildman–Crippen LogP) is 2.23. The predicted molar refractivity (Wildman–Crippen MR) is 89.8 cm³/mol. The first-order chi connectivity index (χ1) is 11.2. The van der Waals surface area contributed by atoms with E-state index in [0.29, 0.717) is 12.8 Å².